The van der Waals surface area contributed by atoms with E-state index in [-0.39, 0.29) is 11.8 Å². The van der Waals surface area contributed by atoms with E-state index in [4.69, 9.17) is 20.8 Å². The lowest BCUT2D eigenvalue weighted by molar-refractivity contribution is -0.119. The van der Waals surface area contributed by atoms with Gasteiger partial charge < -0.3 is 9.15 Å². The molecule has 0 fully saturated rings. The van der Waals surface area contributed by atoms with E-state index in [0.717, 1.165) is 12.2 Å². The SMILES string of the molecule is CCCOc1cccc(N2C(=O)C(SCc3ccco3)=C(c3ccc(Cl)cc3)C2=O)c1. The summed E-state index contributed by atoms with van der Waals surface area (Å²) in [6.45, 7) is 2.58. The molecule has 0 saturated carbocycles. The summed E-state index contributed by atoms with van der Waals surface area (Å²) >= 11 is 7.31. The standard InChI is InChI=1S/C24H20ClNO4S/c1-2-12-29-19-6-3-5-18(14-19)26-23(27)21(16-8-10-17(25)11-9-16)22(24(26)28)31-15-20-7-4-13-30-20/h3-11,13-14H,2,12,15H2,1H3. The van der Waals surface area contributed by atoms with E-state index in [2.05, 4.69) is 0 Å². The van der Waals surface area contributed by atoms with Gasteiger partial charge in [-0.25, -0.2) is 4.90 Å². The zero-order chi connectivity index (χ0) is 21.8. The molecule has 7 heteroatoms. The molecular weight excluding hydrogens is 434 g/mol. The molecule has 0 atom stereocenters. The van der Waals surface area contributed by atoms with E-state index >= 15 is 0 Å². The maximum atomic E-state index is 13.4. The highest BCUT2D eigenvalue weighted by molar-refractivity contribution is 8.03. The van der Waals surface area contributed by atoms with Gasteiger partial charge >= 0.3 is 0 Å². The minimum absolute atomic E-state index is 0.359. The predicted octanol–water partition coefficient (Wildman–Crippen LogP) is 5.94. The van der Waals surface area contributed by atoms with E-state index < -0.39 is 0 Å². The molecule has 0 aliphatic carbocycles. The zero-order valence-electron chi connectivity index (χ0n) is 16.8. The molecule has 4 rings (SSSR count). The Morgan fingerprint density at radius 3 is 2.55 bits per heavy atom. The van der Waals surface area contributed by atoms with Crippen LogP contribution in [0, 0.1) is 0 Å². The Morgan fingerprint density at radius 1 is 1.03 bits per heavy atom. The monoisotopic (exact) mass is 453 g/mol. The molecule has 0 bridgehead atoms. The second-order valence-corrected chi connectivity index (χ2v) is 8.29. The largest absolute Gasteiger partial charge is 0.494 e. The number of imide groups is 1. The molecule has 1 aromatic heterocycles. The van der Waals surface area contributed by atoms with Crippen molar-refractivity contribution in [2.45, 2.75) is 19.1 Å². The van der Waals surface area contributed by atoms with E-state index in [1.54, 1.807) is 54.8 Å². The van der Waals surface area contributed by atoms with Crippen molar-refractivity contribution in [2.24, 2.45) is 0 Å². The molecule has 2 heterocycles. The van der Waals surface area contributed by atoms with Crippen LogP contribution in [0.4, 0.5) is 5.69 Å². The normalized spacial score (nSPS) is 13.9. The number of hydrogen-bond acceptors (Lipinski definition) is 5. The van der Waals surface area contributed by atoms with E-state index in [1.807, 2.05) is 19.1 Å². The van der Waals surface area contributed by atoms with Crippen molar-refractivity contribution in [3.05, 3.63) is 88.2 Å². The third kappa shape index (κ3) is 4.55. The number of thioether (sulfide) groups is 1. The summed E-state index contributed by atoms with van der Waals surface area (Å²) in [6, 6.07) is 17.6. The number of ether oxygens (including phenoxy) is 1. The van der Waals surface area contributed by atoms with Gasteiger partial charge in [0, 0.05) is 11.1 Å². The molecule has 0 N–H and O–H groups in total. The van der Waals surface area contributed by atoms with Gasteiger partial charge in [0.1, 0.15) is 11.5 Å². The van der Waals surface area contributed by atoms with E-state index in [1.165, 1.54) is 16.7 Å². The van der Waals surface area contributed by atoms with Gasteiger partial charge in [-0.15, -0.1) is 11.8 Å². The highest BCUT2D eigenvalue weighted by Crippen LogP contribution is 2.40. The Kier molecular flexibility index (Phi) is 6.49. The molecule has 0 unspecified atom stereocenters. The fraction of sp³-hybridized carbons (Fsp3) is 0.167. The van der Waals surface area contributed by atoms with Crippen molar-refractivity contribution < 1.29 is 18.7 Å². The summed E-state index contributed by atoms with van der Waals surface area (Å²) in [6.07, 6.45) is 2.45. The number of halogens is 1. The van der Waals surface area contributed by atoms with Gasteiger partial charge in [-0.05, 0) is 48.4 Å². The van der Waals surface area contributed by atoms with Gasteiger partial charge in [0.25, 0.3) is 11.8 Å². The highest BCUT2D eigenvalue weighted by atomic mass is 35.5. The van der Waals surface area contributed by atoms with Crippen LogP contribution < -0.4 is 9.64 Å². The van der Waals surface area contributed by atoms with Crippen molar-refractivity contribution in [1.29, 1.82) is 0 Å². The van der Waals surface area contributed by atoms with Gasteiger partial charge in [0.15, 0.2) is 0 Å². The van der Waals surface area contributed by atoms with Crippen LogP contribution in [-0.4, -0.2) is 18.4 Å². The lowest BCUT2D eigenvalue weighted by Gasteiger charge is -2.16. The van der Waals surface area contributed by atoms with Crippen LogP contribution in [0.15, 0.2) is 76.2 Å². The van der Waals surface area contributed by atoms with Crippen molar-refractivity contribution >= 4 is 46.4 Å². The number of rotatable bonds is 8. The summed E-state index contributed by atoms with van der Waals surface area (Å²) in [5.74, 6) is 1.04. The number of benzene rings is 2. The second-order valence-electron chi connectivity index (χ2n) is 6.87. The van der Waals surface area contributed by atoms with Crippen molar-refractivity contribution in [2.75, 3.05) is 11.5 Å². The van der Waals surface area contributed by atoms with E-state index in [0.29, 0.717) is 44.9 Å². The first kappa shape index (κ1) is 21.3. The first-order valence-electron chi connectivity index (χ1n) is 9.85. The second kappa shape index (κ2) is 9.45. The number of anilines is 1. The fourth-order valence-corrected chi connectivity index (χ4v) is 4.36. The van der Waals surface area contributed by atoms with Crippen LogP contribution >= 0.6 is 23.4 Å². The van der Waals surface area contributed by atoms with Gasteiger partial charge in [-0.3, -0.25) is 9.59 Å². The first-order chi connectivity index (χ1) is 15.1. The Balaban J connectivity index is 1.70. The van der Waals surface area contributed by atoms with Crippen molar-refractivity contribution in [3.8, 4) is 5.75 Å². The smallest absolute Gasteiger partial charge is 0.272 e. The molecule has 2 amide bonds. The van der Waals surface area contributed by atoms with Crippen LogP contribution in [-0.2, 0) is 15.3 Å². The van der Waals surface area contributed by atoms with Crippen LogP contribution in [0.25, 0.3) is 5.57 Å². The van der Waals surface area contributed by atoms with Crippen LogP contribution in [0.5, 0.6) is 5.75 Å². The average molecular weight is 454 g/mol. The quantitative estimate of drug-likeness (QED) is 0.395. The van der Waals surface area contributed by atoms with Crippen molar-refractivity contribution in [1.82, 2.24) is 0 Å². The predicted molar refractivity (Wildman–Crippen MR) is 123 cm³/mol. The molecule has 1 aliphatic rings. The zero-order valence-corrected chi connectivity index (χ0v) is 18.4. The lowest BCUT2D eigenvalue weighted by atomic mass is 10.1. The third-order valence-corrected chi connectivity index (χ3v) is 6.01. The number of hydrogen-bond donors (Lipinski definition) is 0. The molecule has 5 nitrogen and oxygen atoms in total. The average Bonchev–Trinajstić information content (AvgIpc) is 3.38. The third-order valence-electron chi connectivity index (χ3n) is 4.66. The molecule has 0 saturated heterocycles. The molecule has 0 radical (unpaired) electrons. The van der Waals surface area contributed by atoms with Crippen molar-refractivity contribution in [3.63, 3.8) is 0 Å². The number of nitrogens with zero attached hydrogens (tertiary/aromatic N) is 1. The molecule has 0 spiro atoms. The summed E-state index contributed by atoms with van der Waals surface area (Å²) in [7, 11) is 0. The van der Waals surface area contributed by atoms with Crippen LogP contribution in [0.3, 0.4) is 0 Å². The minimum Gasteiger partial charge on any atom is -0.494 e. The summed E-state index contributed by atoms with van der Waals surface area (Å²) in [5, 5.41) is 0.559. The Labute approximate surface area is 189 Å². The lowest BCUT2D eigenvalue weighted by Crippen LogP contribution is -2.31. The maximum absolute atomic E-state index is 13.4. The van der Waals surface area contributed by atoms with Gasteiger partial charge in [-0.1, -0.05) is 36.7 Å². The number of furan rings is 1. The molecule has 3 aromatic rings. The minimum atomic E-state index is -0.373. The maximum Gasteiger partial charge on any atom is 0.272 e. The Bertz CT molecular complexity index is 1120. The van der Waals surface area contributed by atoms with Crippen LogP contribution in [0.1, 0.15) is 24.7 Å². The van der Waals surface area contributed by atoms with Gasteiger partial charge in [-0.2, -0.15) is 0 Å². The highest BCUT2D eigenvalue weighted by Gasteiger charge is 2.40. The molecule has 158 valence electrons. The Hall–Kier alpha value is -2.96. The van der Waals surface area contributed by atoms with Gasteiger partial charge in [0.2, 0.25) is 0 Å². The summed E-state index contributed by atoms with van der Waals surface area (Å²) in [5.41, 5.74) is 1.48. The molecule has 2 aromatic carbocycles. The summed E-state index contributed by atoms with van der Waals surface area (Å²) in [4.78, 5) is 28.4. The molecule has 1 aliphatic heterocycles. The summed E-state index contributed by atoms with van der Waals surface area (Å²) < 4.78 is 11.1. The topological polar surface area (TPSA) is 59.8 Å². The number of carbonyl (C=O) groups is 2. The first-order valence-corrected chi connectivity index (χ1v) is 11.2. The van der Waals surface area contributed by atoms with Crippen LogP contribution in [0.2, 0.25) is 5.02 Å². The van der Waals surface area contributed by atoms with E-state index in [9.17, 15) is 9.59 Å². The molecule has 31 heavy (non-hydrogen) atoms. The molecular formula is C24H20ClNO4S. The fourth-order valence-electron chi connectivity index (χ4n) is 3.22. The Morgan fingerprint density at radius 2 is 1.84 bits per heavy atom. The number of amides is 2. The van der Waals surface area contributed by atoms with Gasteiger partial charge in [0.05, 0.1) is 34.8 Å². The number of carbonyl (C=O) groups excluding carboxylic acids is 2.